The Kier molecular flexibility index (Phi) is 10.4. The first-order valence-electron chi connectivity index (χ1n) is 9.62. The minimum atomic E-state index is -4.88. The van der Waals surface area contributed by atoms with Gasteiger partial charge in [0.2, 0.25) is 5.91 Å². The van der Waals surface area contributed by atoms with Crippen molar-refractivity contribution in [1.29, 1.82) is 0 Å². The second kappa shape index (κ2) is 12.3. The largest absolute Gasteiger partial charge is 0.416 e. The molecule has 0 aliphatic rings. The maximum atomic E-state index is 12.6. The molecule has 0 bridgehead atoms. The molecule has 0 saturated carbocycles. The molecule has 0 unspecified atom stereocenters. The van der Waals surface area contributed by atoms with Crippen molar-refractivity contribution in [3.63, 3.8) is 0 Å². The fourth-order valence-electron chi connectivity index (χ4n) is 2.60. The summed E-state index contributed by atoms with van der Waals surface area (Å²) in [5.74, 6) is -0.689. The molecule has 1 amide bonds. The number of nitrogens with two attached hydrogens (primary N) is 1. The van der Waals surface area contributed by atoms with Crippen LogP contribution in [0.15, 0.2) is 52.6 Å². The molecule has 0 aliphatic carbocycles. The van der Waals surface area contributed by atoms with E-state index in [1.807, 2.05) is 6.92 Å². The van der Waals surface area contributed by atoms with Crippen LogP contribution in [0.3, 0.4) is 0 Å². The SMILES string of the molecule is CC/C=C(/C(N)=O)c1cccnc1Cl.CC=NC(=NC)c1cc(C(F)(F)F)cc(C(F)(F)F)c1. The summed E-state index contributed by atoms with van der Waals surface area (Å²) in [6.07, 6.45) is -4.50. The number of benzene rings is 1. The van der Waals surface area contributed by atoms with Crippen LogP contribution < -0.4 is 5.73 Å². The zero-order valence-electron chi connectivity index (χ0n) is 18.3. The standard InChI is InChI=1S/C12H10F6N2.C10H11ClN2O/c1-3-20-10(19-2)7-4-8(11(13,14)15)6-9(5-7)12(16,17)18;1-2-4-8(10(12)14)7-5-3-6-13-9(7)11/h3-6H,1-2H3;3-6H,2H2,1H3,(H2,12,14)/b;8-4+. The number of pyridine rings is 1. The van der Waals surface area contributed by atoms with Gasteiger partial charge in [0.15, 0.2) is 5.84 Å². The van der Waals surface area contributed by atoms with Gasteiger partial charge in [-0.05, 0) is 43.7 Å². The average Bonchev–Trinajstić information content (AvgIpc) is 2.75. The lowest BCUT2D eigenvalue weighted by molar-refractivity contribution is -0.143. The predicted molar refractivity (Wildman–Crippen MR) is 120 cm³/mol. The molecule has 0 spiro atoms. The van der Waals surface area contributed by atoms with Gasteiger partial charge in [0.25, 0.3) is 0 Å². The minimum Gasteiger partial charge on any atom is -0.366 e. The number of nitrogens with zero attached hydrogens (tertiary/aromatic N) is 3. The van der Waals surface area contributed by atoms with Crippen LogP contribution in [-0.2, 0) is 17.1 Å². The number of amides is 1. The molecule has 0 saturated heterocycles. The van der Waals surface area contributed by atoms with Crippen LogP contribution in [0.1, 0.15) is 42.5 Å². The topological polar surface area (TPSA) is 80.7 Å². The number of hydrogen-bond acceptors (Lipinski definition) is 3. The van der Waals surface area contributed by atoms with Gasteiger partial charge in [0.1, 0.15) is 5.15 Å². The van der Waals surface area contributed by atoms with Crippen molar-refractivity contribution in [2.45, 2.75) is 32.6 Å². The Morgan fingerprint density at radius 1 is 1.12 bits per heavy atom. The fourth-order valence-corrected chi connectivity index (χ4v) is 2.82. The normalized spacial score (nSPS) is 13.0. The van der Waals surface area contributed by atoms with Gasteiger partial charge in [0, 0.05) is 36.2 Å². The Labute approximate surface area is 197 Å². The van der Waals surface area contributed by atoms with Crippen LogP contribution in [0.4, 0.5) is 26.3 Å². The van der Waals surface area contributed by atoms with Gasteiger partial charge in [0.05, 0.1) is 11.1 Å². The van der Waals surface area contributed by atoms with E-state index in [1.54, 1.807) is 24.4 Å². The Morgan fingerprint density at radius 3 is 2.06 bits per heavy atom. The molecule has 5 nitrogen and oxygen atoms in total. The molecule has 2 N–H and O–H groups in total. The molecule has 12 heteroatoms. The van der Waals surface area contributed by atoms with Crippen molar-refractivity contribution in [2.75, 3.05) is 7.05 Å². The third-order valence-electron chi connectivity index (χ3n) is 4.03. The molecule has 2 aromatic rings. The summed E-state index contributed by atoms with van der Waals surface area (Å²) in [5.41, 5.74) is 3.11. The number of allylic oxidation sites excluding steroid dienone is 1. The van der Waals surface area contributed by atoms with Crippen molar-refractivity contribution in [1.82, 2.24) is 4.98 Å². The second-order valence-corrected chi connectivity index (χ2v) is 6.82. The van der Waals surface area contributed by atoms with Crippen LogP contribution in [0.2, 0.25) is 5.15 Å². The molecule has 0 fully saturated rings. The minimum absolute atomic E-state index is 0.0619. The summed E-state index contributed by atoms with van der Waals surface area (Å²) in [5, 5.41) is 0.297. The molecule has 0 atom stereocenters. The predicted octanol–water partition coefficient (Wildman–Crippen LogP) is 6.21. The first-order valence-corrected chi connectivity index (χ1v) is 10.00. The van der Waals surface area contributed by atoms with E-state index in [2.05, 4.69) is 15.0 Å². The van der Waals surface area contributed by atoms with E-state index in [0.29, 0.717) is 28.4 Å². The Bertz CT molecular complexity index is 1060. The summed E-state index contributed by atoms with van der Waals surface area (Å²) in [7, 11) is 1.23. The molecule has 1 aromatic heterocycles. The molecule has 1 heterocycles. The lowest BCUT2D eigenvalue weighted by atomic mass is 10.0. The van der Waals surface area contributed by atoms with Gasteiger partial charge in [-0.3, -0.25) is 9.79 Å². The van der Waals surface area contributed by atoms with Gasteiger partial charge in [-0.25, -0.2) is 9.98 Å². The zero-order chi connectivity index (χ0) is 26.1. The van der Waals surface area contributed by atoms with E-state index in [9.17, 15) is 31.1 Å². The highest BCUT2D eigenvalue weighted by molar-refractivity contribution is 6.33. The Balaban J connectivity index is 0.000000362. The molecule has 0 aliphatic heterocycles. The van der Waals surface area contributed by atoms with Gasteiger partial charge in [-0.2, -0.15) is 26.3 Å². The number of aliphatic imine (C=N–C) groups is 2. The molecular formula is C22H21ClF6N4O. The maximum absolute atomic E-state index is 12.6. The number of alkyl halides is 6. The second-order valence-electron chi connectivity index (χ2n) is 6.46. The number of carbonyl (C=O) groups is 1. The zero-order valence-corrected chi connectivity index (χ0v) is 19.1. The van der Waals surface area contributed by atoms with Gasteiger partial charge in [-0.15, -0.1) is 0 Å². The van der Waals surface area contributed by atoms with E-state index < -0.39 is 29.4 Å². The van der Waals surface area contributed by atoms with Crippen LogP contribution in [0.5, 0.6) is 0 Å². The summed E-state index contributed by atoms with van der Waals surface area (Å²) in [6.45, 7) is 3.40. The number of rotatable bonds is 4. The van der Waals surface area contributed by atoms with E-state index in [0.717, 1.165) is 6.42 Å². The molecule has 34 heavy (non-hydrogen) atoms. The number of primary amides is 1. The third-order valence-corrected chi connectivity index (χ3v) is 4.33. The number of amidine groups is 1. The van der Waals surface area contributed by atoms with Crippen LogP contribution in [-0.4, -0.2) is 30.0 Å². The van der Waals surface area contributed by atoms with Gasteiger partial charge < -0.3 is 5.73 Å². The van der Waals surface area contributed by atoms with E-state index in [-0.39, 0.29) is 17.5 Å². The molecule has 0 radical (unpaired) electrons. The van der Waals surface area contributed by atoms with Crippen LogP contribution in [0.25, 0.3) is 5.57 Å². The quantitative estimate of drug-likeness (QED) is 0.176. The summed E-state index contributed by atoms with van der Waals surface area (Å²) in [4.78, 5) is 22.2. The molecular weight excluding hydrogens is 486 g/mol. The van der Waals surface area contributed by atoms with Crippen molar-refractivity contribution >= 4 is 35.1 Å². The smallest absolute Gasteiger partial charge is 0.366 e. The summed E-state index contributed by atoms with van der Waals surface area (Å²) in [6, 6.07) is 4.68. The highest BCUT2D eigenvalue weighted by Gasteiger charge is 2.37. The highest BCUT2D eigenvalue weighted by Crippen LogP contribution is 2.36. The monoisotopic (exact) mass is 506 g/mol. The van der Waals surface area contributed by atoms with E-state index in [1.165, 1.54) is 20.2 Å². The summed E-state index contributed by atoms with van der Waals surface area (Å²) < 4.78 is 75.9. The van der Waals surface area contributed by atoms with Crippen molar-refractivity contribution in [3.8, 4) is 0 Å². The van der Waals surface area contributed by atoms with Crippen molar-refractivity contribution in [2.24, 2.45) is 15.7 Å². The third kappa shape index (κ3) is 8.29. The lowest BCUT2D eigenvalue weighted by Gasteiger charge is -2.13. The Morgan fingerprint density at radius 2 is 1.68 bits per heavy atom. The van der Waals surface area contributed by atoms with Crippen LogP contribution in [0, 0.1) is 0 Å². The van der Waals surface area contributed by atoms with Crippen molar-refractivity contribution in [3.05, 3.63) is 70.0 Å². The number of aromatic nitrogens is 1. The van der Waals surface area contributed by atoms with E-state index >= 15 is 0 Å². The van der Waals surface area contributed by atoms with Gasteiger partial charge in [-0.1, -0.05) is 24.6 Å². The first kappa shape index (κ1) is 28.8. The maximum Gasteiger partial charge on any atom is 0.416 e. The summed E-state index contributed by atoms with van der Waals surface area (Å²) >= 11 is 5.84. The first-order chi connectivity index (χ1) is 15.8. The highest BCUT2D eigenvalue weighted by atomic mass is 35.5. The van der Waals surface area contributed by atoms with Crippen LogP contribution >= 0.6 is 11.6 Å². The lowest BCUT2D eigenvalue weighted by Crippen LogP contribution is -2.13. The number of carbonyl (C=O) groups excluding carboxylic acids is 1. The fraction of sp³-hybridized carbons (Fsp3) is 0.273. The molecule has 184 valence electrons. The number of halogens is 7. The average molecular weight is 507 g/mol. The molecule has 2 rings (SSSR count). The molecule has 1 aromatic carbocycles. The van der Waals surface area contributed by atoms with Crippen molar-refractivity contribution < 1.29 is 31.1 Å². The Hall–Kier alpha value is -3.21. The van der Waals surface area contributed by atoms with E-state index in [4.69, 9.17) is 17.3 Å². The van der Waals surface area contributed by atoms with Gasteiger partial charge >= 0.3 is 12.4 Å². The number of hydrogen-bond donors (Lipinski definition) is 1.